The molecule has 2 aromatic carbocycles. The number of methoxy groups -OCH3 is 1. The minimum absolute atomic E-state index is 0.00910. The number of epoxide rings is 1. The molecule has 2 aromatic rings. The summed E-state index contributed by atoms with van der Waals surface area (Å²) in [6.07, 6.45) is 1.60. The van der Waals surface area contributed by atoms with Crippen LogP contribution in [0.2, 0.25) is 5.02 Å². The fourth-order valence-electron chi connectivity index (χ4n) is 10.9. The van der Waals surface area contributed by atoms with Crippen molar-refractivity contribution in [2.75, 3.05) is 44.6 Å². The Morgan fingerprint density at radius 1 is 1.03 bits per heavy atom. The largest absolute Gasteiger partial charge is 0.462 e. The molecule has 5 N–H and O–H groups in total. The monoisotopic (exact) mass is 1300 g/mol. The van der Waals surface area contributed by atoms with Crippen molar-refractivity contribution in [1.29, 1.82) is 0 Å². The van der Waals surface area contributed by atoms with Gasteiger partial charge in [0.05, 0.1) is 47.9 Å². The molecule has 0 aromatic heterocycles. The minimum atomic E-state index is -1.69. The van der Waals surface area contributed by atoms with Crippen molar-refractivity contribution in [3.05, 3.63) is 99.1 Å². The number of aliphatic hydroxyl groups is 1. The second kappa shape index (κ2) is 31.7. The average molecular weight is 1300 g/mol. The summed E-state index contributed by atoms with van der Waals surface area (Å²) in [6, 6.07) is 1.29. The second-order valence-electron chi connectivity index (χ2n) is 23.6. The smallest absolute Gasteiger partial charge is 0.334 e. The van der Waals surface area contributed by atoms with Crippen LogP contribution in [-0.2, 0) is 70.1 Å². The van der Waals surface area contributed by atoms with E-state index in [0.717, 1.165) is 23.1 Å². The van der Waals surface area contributed by atoms with Crippen LogP contribution in [0.5, 0.6) is 0 Å². The van der Waals surface area contributed by atoms with E-state index < -0.39 is 143 Å². The number of anilines is 1. The maximum atomic E-state index is 16.2. The molecule has 5 amide bonds. The maximum absolute atomic E-state index is 16.2. The van der Waals surface area contributed by atoms with Crippen LogP contribution in [0.3, 0.4) is 0 Å². The Bertz CT molecular complexity index is 3000. The molecule has 0 saturated carbocycles. The SMILES string of the molecule is C=C(CBr)C(=O)OCCCCCC(=O)C[C@H](C(=O)N[C@@H](CCCNC(N)=O)C(=O)Cc1cc(F)c(C(=O)N(C)[C@@H](C)C(=O)O[C@H]2CC(=O)N(C)c3cc(cc(C)c3Cl)C/C(C)=C/C=C/[C@@H](OC)[C@]3(O)CC(=O)O[C@@H](C3)[C@@H](C)[C@@H]3O[C@@]23C)cc1F)C(C)C. The summed E-state index contributed by atoms with van der Waals surface area (Å²) >= 11 is 9.98. The molecule has 5 rings (SSSR count). The first-order valence-corrected chi connectivity index (χ1v) is 30.6. The molecule has 87 heavy (non-hydrogen) atoms. The van der Waals surface area contributed by atoms with E-state index in [9.17, 15) is 48.3 Å². The number of likely N-dealkylation sites (N-methyl/N-ethyl adjacent to an activating group) is 1. The van der Waals surface area contributed by atoms with E-state index in [2.05, 4.69) is 33.1 Å². The summed E-state index contributed by atoms with van der Waals surface area (Å²) in [5, 5.41) is 17.7. The van der Waals surface area contributed by atoms with Crippen LogP contribution in [0, 0.1) is 36.3 Å². The van der Waals surface area contributed by atoms with Crippen molar-refractivity contribution in [1.82, 2.24) is 15.5 Å². The normalized spacial score (nSPS) is 24.2. The second-order valence-corrected chi connectivity index (χ2v) is 24.5. The van der Waals surface area contributed by atoms with Gasteiger partial charge in [-0.3, -0.25) is 28.8 Å². The number of nitrogens with two attached hydrogens (primary N) is 1. The highest BCUT2D eigenvalue weighted by Crippen LogP contribution is 2.50. The molecule has 3 aliphatic heterocycles. The van der Waals surface area contributed by atoms with Crippen molar-refractivity contribution >= 4 is 86.4 Å². The van der Waals surface area contributed by atoms with Crippen LogP contribution in [0.15, 0.2) is 60.2 Å². The summed E-state index contributed by atoms with van der Waals surface area (Å²) in [4.78, 5) is 122. The van der Waals surface area contributed by atoms with E-state index in [1.807, 2.05) is 19.1 Å². The number of ether oxygens (including phenoxy) is 5. The Morgan fingerprint density at radius 3 is 2.39 bits per heavy atom. The van der Waals surface area contributed by atoms with Crippen LogP contribution in [-0.4, -0.2) is 151 Å². The highest BCUT2D eigenvalue weighted by atomic mass is 79.9. The number of rotatable bonds is 25. The van der Waals surface area contributed by atoms with E-state index in [0.29, 0.717) is 54.1 Å². The number of nitrogens with one attached hydrogen (secondary N) is 2. The number of fused-ring (bicyclic) bond motifs is 5. The Balaban J connectivity index is 1.33. The van der Waals surface area contributed by atoms with Gasteiger partial charge in [-0.2, -0.15) is 0 Å². The summed E-state index contributed by atoms with van der Waals surface area (Å²) in [7, 11) is 4.10. The van der Waals surface area contributed by atoms with Gasteiger partial charge >= 0.3 is 23.9 Å². The van der Waals surface area contributed by atoms with Gasteiger partial charge in [-0.1, -0.05) is 84.7 Å². The highest BCUT2D eigenvalue weighted by molar-refractivity contribution is 9.09. The van der Waals surface area contributed by atoms with Crippen LogP contribution >= 0.6 is 27.5 Å². The molecule has 2 fully saturated rings. The van der Waals surface area contributed by atoms with Crippen LogP contribution in [0.4, 0.5) is 19.3 Å². The lowest BCUT2D eigenvalue weighted by atomic mass is 9.78. The number of Topliss-reactive ketones (excluding diaryl/α,β-unsaturated/α-hetero) is 2. The van der Waals surface area contributed by atoms with Crippen molar-refractivity contribution in [3.8, 4) is 0 Å². The number of allylic oxidation sites excluding steroid dienone is 3. The van der Waals surface area contributed by atoms with Crippen molar-refractivity contribution in [3.63, 3.8) is 0 Å². The molecular formula is C63H83BrClF2N5O15. The fraction of sp³-hybridized carbons (Fsp3) is 0.571. The van der Waals surface area contributed by atoms with Gasteiger partial charge in [0.2, 0.25) is 11.8 Å². The fourth-order valence-corrected chi connectivity index (χ4v) is 11.3. The number of unbranched alkanes of at least 4 members (excludes halogenated alkanes) is 2. The number of ketones is 2. The minimum Gasteiger partial charge on any atom is -0.462 e. The first-order valence-electron chi connectivity index (χ1n) is 29.1. The third-order valence-corrected chi connectivity index (χ3v) is 17.7. The molecule has 0 aliphatic carbocycles. The molecule has 2 saturated heterocycles. The van der Waals surface area contributed by atoms with Crippen LogP contribution < -0.4 is 21.3 Å². The molecule has 3 heterocycles. The maximum Gasteiger partial charge on any atom is 0.334 e. The van der Waals surface area contributed by atoms with Gasteiger partial charge < -0.3 is 55.0 Å². The molecular weight excluding hydrogens is 1220 g/mol. The van der Waals surface area contributed by atoms with E-state index in [1.54, 1.807) is 52.8 Å². The number of hydrogen-bond donors (Lipinski definition) is 4. The highest BCUT2D eigenvalue weighted by Gasteiger charge is 2.64. The predicted octanol–water partition coefficient (Wildman–Crippen LogP) is 7.99. The number of aryl methyl sites for hydroxylation is 1. The molecule has 20 nitrogen and oxygen atoms in total. The molecule has 24 heteroatoms. The average Bonchev–Trinajstić information content (AvgIpc) is 1.61. The van der Waals surface area contributed by atoms with Crippen molar-refractivity contribution in [2.45, 2.75) is 173 Å². The number of carbonyl (C=O) groups is 9. The lowest BCUT2D eigenvalue weighted by Gasteiger charge is -2.41. The number of amides is 5. The molecule has 4 bridgehead atoms. The molecule has 3 aliphatic rings. The van der Waals surface area contributed by atoms with Gasteiger partial charge in [0.15, 0.2) is 5.78 Å². The van der Waals surface area contributed by atoms with E-state index in [-0.39, 0.29) is 74.3 Å². The standard InChI is InChI=1S/C63H83BrClF2N5O15/c1-34(2)43(28-42(73)18-13-12-14-22-84-59(79)37(5)33-64)57(77)70-47(19-16-21-69-61(68)81)49(74)27-41-26-46(67)44(29-45(41)66)58(78)71(9)39(7)60(80)86-52-30-53(75)72(10)48-25-40(24-36(4)55(48)65)23-35(3)17-15-20-51(83-11)63(82)31-50(85-54(76)32-63)38(6)56-62(52,8)87-56/h15,17,20,24-26,29,34,38-39,43,47,50-52,56,82H,5,12-14,16,18-19,21-23,27-28,30-33H2,1-4,6-11H3,(H,70,77)(H3,68,69,81)/b20-15+,35-17+/t38-,39+,43+,47+,50+,51-,52+,56+,62+,63-/m1/s1. The lowest BCUT2D eigenvalue weighted by Crippen LogP contribution is -2.53. The zero-order valence-corrected chi connectivity index (χ0v) is 53.5. The van der Waals surface area contributed by atoms with Crippen LogP contribution in [0.25, 0.3) is 0 Å². The topological polar surface area (TPSA) is 280 Å². The number of carbonyl (C=O) groups excluding carboxylic acids is 9. The van der Waals surface area contributed by atoms with Gasteiger partial charge in [0, 0.05) is 76.2 Å². The predicted molar refractivity (Wildman–Crippen MR) is 324 cm³/mol. The van der Waals surface area contributed by atoms with E-state index in [4.69, 9.17) is 41.0 Å². The summed E-state index contributed by atoms with van der Waals surface area (Å²) in [5.41, 5.74) is 3.89. The van der Waals surface area contributed by atoms with Gasteiger partial charge in [0.25, 0.3) is 5.91 Å². The van der Waals surface area contributed by atoms with Crippen molar-refractivity contribution < 1.29 is 80.7 Å². The molecule has 0 spiro atoms. The van der Waals surface area contributed by atoms with Crippen LogP contribution in [0.1, 0.15) is 133 Å². The Kier molecular flexibility index (Phi) is 26.0. The quantitative estimate of drug-likeness (QED) is 0.0183. The molecule has 0 radical (unpaired) electrons. The number of esters is 3. The third kappa shape index (κ3) is 19.1. The van der Waals surface area contributed by atoms with Gasteiger partial charge in [-0.25, -0.2) is 23.2 Å². The number of nitrogens with zero attached hydrogens (tertiary/aromatic N) is 2. The number of primary amides is 1. The van der Waals surface area contributed by atoms with E-state index in [1.165, 1.54) is 26.0 Å². The number of hydrogen-bond acceptors (Lipinski definition) is 15. The van der Waals surface area contributed by atoms with Gasteiger partial charge in [0.1, 0.15) is 53.0 Å². The summed E-state index contributed by atoms with van der Waals surface area (Å²) in [6.45, 7) is 15.6. The molecule has 0 unspecified atom stereocenters. The summed E-state index contributed by atoms with van der Waals surface area (Å²) < 4.78 is 61.4. The zero-order chi connectivity index (χ0) is 64.8. The van der Waals surface area contributed by atoms with Gasteiger partial charge in [-0.15, -0.1) is 0 Å². The molecule has 10 atom stereocenters. The zero-order valence-electron chi connectivity index (χ0n) is 51.2. The number of urea groups is 1. The Morgan fingerprint density at radius 2 is 1.74 bits per heavy atom. The van der Waals surface area contributed by atoms with E-state index >= 15 is 8.78 Å². The Labute approximate surface area is 520 Å². The summed E-state index contributed by atoms with van der Waals surface area (Å²) in [5.74, 6) is -9.85. The lowest BCUT2D eigenvalue weighted by molar-refractivity contribution is -0.187. The third-order valence-electron chi connectivity index (χ3n) is 16.5. The number of benzene rings is 2. The van der Waals surface area contributed by atoms with Crippen molar-refractivity contribution in [2.24, 2.45) is 23.5 Å². The number of alkyl halides is 1. The number of halogens is 4. The first-order chi connectivity index (χ1) is 40.8. The molecule has 478 valence electrons. The Hall–Kier alpha value is -6.40. The van der Waals surface area contributed by atoms with Gasteiger partial charge in [-0.05, 0) is 107 Å². The first kappa shape index (κ1) is 71.4.